The highest BCUT2D eigenvalue weighted by Crippen LogP contribution is 2.57. The van der Waals surface area contributed by atoms with Gasteiger partial charge in [0.2, 0.25) is 0 Å². The Labute approximate surface area is 223 Å². The molecule has 0 aromatic heterocycles. The van der Waals surface area contributed by atoms with Gasteiger partial charge >= 0.3 is 0 Å². The maximum atomic E-state index is 13.5. The highest BCUT2D eigenvalue weighted by atomic mass is 79.9. The Bertz CT molecular complexity index is 1390. The fourth-order valence-electron chi connectivity index (χ4n) is 5.03. The predicted molar refractivity (Wildman–Crippen MR) is 144 cm³/mol. The summed E-state index contributed by atoms with van der Waals surface area (Å²) in [5.74, 6) is 0.0553. The Morgan fingerprint density at radius 3 is 1.66 bits per heavy atom. The molecule has 0 saturated heterocycles. The standard InChI is InChI=1S/C27H28Br2O5S/c1-13(2)21-18(11-15(5)25(30)23(21)28)27(17-9-7-8-10-20(17)35(32,33)34-27)19-12-16(6)26(31)24(29)22(19)14(3)4/h7-14,30-31H,1-6H3. The van der Waals surface area contributed by atoms with Crippen LogP contribution in [0, 0.1) is 13.8 Å². The van der Waals surface area contributed by atoms with E-state index < -0.39 is 15.7 Å². The van der Waals surface area contributed by atoms with E-state index in [0.29, 0.717) is 36.8 Å². The van der Waals surface area contributed by atoms with Crippen LogP contribution >= 0.6 is 31.9 Å². The minimum atomic E-state index is -4.12. The summed E-state index contributed by atoms with van der Waals surface area (Å²) >= 11 is 7.16. The first-order chi connectivity index (χ1) is 16.3. The van der Waals surface area contributed by atoms with Crippen molar-refractivity contribution in [3.05, 3.63) is 84.3 Å². The number of halogens is 2. The van der Waals surface area contributed by atoms with Crippen molar-refractivity contribution in [2.45, 2.75) is 63.9 Å². The van der Waals surface area contributed by atoms with Crippen molar-refractivity contribution in [3.63, 3.8) is 0 Å². The second-order valence-electron chi connectivity index (χ2n) is 9.66. The largest absolute Gasteiger partial charge is 0.506 e. The quantitative estimate of drug-likeness (QED) is 0.294. The fourth-order valence-corrected chi connectivity index (χ4v) is 8.41. The van der Waals surface area contributed by atoms with Crippen molar-refractivity contribution in [1.29, 1.82) is 0 Å². The lowest BCUT2D eigenvalue weighted by Crippen LogP contribution is -2.33. The number of fused-ring (bicyclic) bond motifs is 1. The zero-order valence-corrected chi connectivity index (χ0v) is 24.4. The van der Waals surface area contributed by atoms with Crippen LogP contribution in [0.5, 0.6) is 11.5 Å². The highest BCUT2D eigenvalue weighted by Gasteiger charge is 2.54. The summed E-state index contributed by atoms with van der Waals surface area (Å²) in [7, 11) is -4.12. The summed E-state index contributed by atoms with van der Waals surface area (Å²) in [6, 6.07) is 10.4. The Morgan fingerprint density at radius 2 is 1.23 bits per heavy atom. The van der Waals surface area contributed by atoms with Gasteiger partial charge in [-0.15, -0.1) is 0 Å². The van der Waals surface area contributed by atoms with Gasteiger partial charge in [-0.3, -0.25) is 0 Å². The molecular weight excluding hydrogens is 596 g/mol. The van der Waals surface area contributed by atoms with E-state index in [9.17, 15) is 18.6 Å². The Hall–Kier alpha value is -1.87. The number of hydrogen-bond acceptors (Lipinski definition) is 5. The smallest absolute Gasteiger partial charge is 0.298 e. The van der Waals surface area contributed by atoms with E-state index in [-0.39, 0.29) is 28.2 Å². The molecule has 0 saturated carbocycles. The van der Waals surface area contributed by atoms with Gasteiger partial charge in [-0.2, -0.15) is 8.42 Å². The zero-order chi connectivity index (χ0) is 26.0. The molecule has 0 fully saturated rings. The Kier molecular flexibility index (Phi) is 6.67. The number of rotatable bonds is 4. The van der Waals surface area contributed by atoms with E-state index in [1.807, 2.05) is 39.8 Å². The number of aryl methyl sites for hydroxylation is 2. The van der Waals surface area contributed by atoms with Crippen LogP contribution in [0.15, 0.2) is 50.2 Å². The molecule has 35 heavy (non-hydrogen) atoms. The van der Waals surface area contributed by atoms with E-state index in [1.54, 1.807) is 38.1 Å². The second kappa shape index (κ2) is 8.91. The van der Waals surface area contributed by atoms with Crippen LogP contribution in [0.1, 0.15) is 78.5 Å². The molecule has 4 rings (SSSR count). The Morgan fingerprint density at radius 1 is 0.800 bits per heavy atom. The van der Waals surface area contributed by atoms with Gasteiger partial charge in [0.25, 0.3) is 10.1 Å². The maximum absolute atomic E-state index is 13.5. The van der Waals surface area contributed by atoms with E-state index in [1.165, 1.54) is 0 Å². The lowest BCUT2D eigenvalue weighted by Gasteiger charge is -2.36. The lowest BCUT2D eigenvalue weighted by molar-refractivity contribution is 0.176. The Balaban J connectivity index is 2.33. The van der Waals surface area contributed by atoms with E-state index >= 15 is 0 Å². The van der Waals surface area contributed by atoms with Crippen LogP contribution in [0.4, 0.5) is 0 Å². The average molecular weight is 624 g/mol. The van der Waals surface area contributed by atoms with Crippen molar-refractivity contribution in [2.75, 3.05) is 0 Å². The summed E-state index contributed by atoms with van der Waals surface area (Å²) in [6.07, 6.45) is 0. The van der Waals surface area contributed by atoms with Crippen LogP contribution in [-0.2, 0) is 19.9 Å². The van der Waals surface area contributed by atoms with Crippen LogP contribution in [-0.4, -0.2) is 18.6 Å². The van der Waals surface area contributed by atoms with E-state index in [2.05, 4.69) is 31.9 Å². The van der Waals surface area contributed by atoms with Gasteiger partial charge < -0.3 is 10.2 Å². The normalized spacial score (nSPS) is 16.2. The van der Waals surface area contributed by atoms with Crippen molar-refractivity contribution in [3.8, 4) is 11.5 Å². The van der Waals surface area contributed by atoms with Crippen molar-refractivity contribution >= 4 is 42.0 Å². The topological polar surface area (TPSA) is 83.8 Å². The minimum absolute atomic E-state index is 0.0778. The first-order valence-corrected chi connectivity index (χ1v) is 14.3. The van der Waals surface area contributed by atoms with E-state index in [0.717, 1.165) is 11.1 Å². The van der Waals surface area contributed by atoms with Crippen LogP contribution < -0.4 is 0 Å². The molecule has 0 bridgehead atoms. The molecule has 3 aromatic carbocycles. The molecule has 0 amide bonds. The van der Waals surface area contributed by atoms with Crippen LogP contribution in [0.2, 0.25) is 0 Å². The third-order valence-electron chi connectivity index (χ3n) is 6.62. The third-order valence-corrected chi connectivity index (χ3v) is 9.59. The molecule has 1 aliphatic heterocycles. The van der Waals surface area contributed by atoms with Crippen LogP contribution in [0.3, 0.4) is 0 Å². The van der Waals surface area contributed by atoms with Crippen molar-refractivity contribution in [2.24, 2.45) is 0 Å². The van der Waals surface area contributed by atoms with Gasteiger partial charge in [0.15, 0.2) is 5.60 Å². The van der Waals surface area contributed by atoms with Gasteiger partial charge in [0, 0.05) is 5.56 Å². The number of benzene rings is 3. The zero-order valence-electron chi connectivity index (χ0n) is 20.4. The molecular formula is C27H28Br2O5S. The van der Waals surface area contributed by atoms with Crippen molar-refractivity contribution < 1.29 is 22.8 Å². The molecule has 186 valence electrons. The van der Waals surface area contributed by atoms with E-state index in [4.69, 9.17) is 4.18 Å². The molecule has 0 unspecified atom stereocenters. The van der Waals surface area contributed by atoms with Gasteiger partial charge in [-0.1, -0.05) is 45.9 Å². The third kappa shape index (κ3) is 3.84. The number of hydrogen-bond donors (Lipinski definition) is 2. The average Bonchev–Trinajstić information content (AvgIpc) is 3.03. The highest BCUT2D eigenvalue weighted by molar-refractivity contribution is 9.11. The first kappa shape index (κ1) is 26.2. The molecule has 3 aromatic rings. The lowest BCUT2D eigenvalue weighted by atomic mass is 9.73. The summed E-state index contributed by atoms with van der Waals surface area (Å²) in [6.45, 7) is 11.5. The van der Waals surface area contributed by atoms with Gasteiger partial charge in [-0.05, 0) is 109 Å². The molecule has 5 nitrogen and oxygen atoms in total. The van der Waals surface area contributed by atoms with Gasteiger partial charge in [-0.25, -0.2) is 4.18 Å². The molecule has 1 heterocycles. The summed E-state index contributed by atoms with van der Waals surface area (Å²) in [5, 5.41) is 21.6. The molecule has 0 spiro atoms. The predicted octanol–water partition coefficient (Wildman–Crippen LogP) is 7.50. The second-order valence-corrected chi connectivity index (χ2v) is 12.8. The number of phenolic OH excluding ortho intramolecular Hbond substituents is 2. The SMILES string of the molecule is Cc1cc(C2(c3cc(C)c(O)c(Br)c3C(C)C)OS(=O)(=O)c3ccccc32)c(C(C)C)c(Br)c1O. The molecule has 0 atom stereocenters. The molecule has 8 heteroatoms. The molecule has 0 radical (unpaired) electrons. The monoisotopic (exact) mass is 622 g/mol. The number of phenols is 2. The van der Waals surface area contributed by atoms with Crippen molar-refractivity contribution in [1.82, 2.24) is 0 Å². The summed E-state index contributed by atoms with van der Waals surface area (Å²) in [4.78, 5) is 0.105. The number of aromatic hydroxyl groups is 2. The maximum Gasteiger partial charge on any atom is 0.298 e. The minimum Gasteiger partial charge on any atom is -0.506 e. The molecule has 2 N–H and O–H groups in total. The van der Waals surface area contributed by atoms with Crippen LogP contribution in [0.25, 0.3) is 0 Å². The van der Waals surface area contributed by atoms with Gasteiger partial charge in [0.05, 0.1) is 8.95 Å². The molecule has 0 aliphatic carbocycles. The summed E-state index contributed by atoms with van der Waals surface area (Å²) < 4.78 is 34.3. The van der Waals surface area contributed by atoms with Gasteiger partial charge in [0.1, 0.15) is 16.4 Å². The summed E-state index contributed by atoms with van der Waals surface area (Å²) in [5.41, 5.74) is 2.88. The molecule has 1 aliphatic rings. The fraction of sp³-hybridized carbons (Fsp3) is 0.333. The first-order valence-electron chi connectivity index (χ1n) is 11.4.